The summed E-state index contributed by atoms with van der Waals surface area (Å²) in [5.74, 6) is -5.93. The van der Waals surface area contributed by atoms with Crippen molar-refractivity contribution in [1.29, 1.82) is 0 Å². The predicted octanol–water partition coefficient (Wildman–Crippen LogP) is 22.7. The van der Waals surface area contributed by atoms with Gasteiger partial charge in [0.05, 0.1) is 37.0 Å². The summed E-state index contributed by atoms with van der Waals surface area (Å²) in [7, 11) is 4.61. The van der Waals surface area contributed by atoms with Crippen LogP contribution in [-0.2, 0) is 77.0 Å². The Bertz CT molecular complexity index is 6840. The molecule has 766 valence electrons. The highest BCUT2D eigenvalue weighted by Gasteiger charge is 2.58. The number of phenols is 1. The molecule has 5 aliphatic heterocycles. The number of halogens is 5. The van der Waals surface area contributed by atoms with Crippen molar-refractivity contribution >= 4 is 70.8 Å². The van der Waals surface area contributed by atoms with E-state index in [1.807, 2.05) is 214 Å². The minimum Gasteiger partial charge on any atom is -0.508 e. The molecule has 0 aliphatic carbocycles. The van der Waals surface area contributed by atoms with Crippen molar-refractivity contribution in [2.24, 2.45) is 4.99 Å². The van der Waals surface area contributed by atoms with Gasteiger partial charge in [0.2, 0.25) is 17.7 Å². The van der Waals surface area contributed by atoms with Crippen molar-refractivity contribution in [3.8, 4) is 23.0 Å². The third-order valence-corrected chi connectivity index (χ3v) is 25.6. The summed E-state index contributed by atoms with van der Waals surface area (Å²) in [5.41, 5.74) is 10.8. The van der Waals surface area contributed by atoms with Gasteiger partial charge in [-0.1, -0.05) is 200 Å². The number of methoxy groups -OCH3 is 1. The Morgan fingerprint density at radius 2 is 0.792 bits per heavy atom. The molecule has 19 rings (SSSR count). The van der Waals surface area contributed by atoms with E-state index >= 15 is 0 Å². The molecule has 14 aromatic carbocycles. The van der Waals surface area contributed by atoms with E-state index in [-0.39, 0.29) is 59.7 Å². The number of carbonyl (C=O) groups is 7. The first-order valence-corrected chi connectivity index (χ1v) is 47.9. The lowest BCUT2D eigenvalue weighted by Crippen LogP contribution is -2.67. The first-order chi connectivity index (χ1) is 71.9. The number of morpholine rings is 2. The highest BCUT2D eigenvalue weighted by molar-refractivity contribution is 6.05. The molecule has 31 heteroatoms. The second-order valence-electron chi connectivity index (χ2n) is 35.8. The number of aliphatic imine (C=N–C) groups is 1. The minimum atomic E-state index is -1.71. The number of phenolic OH excluding ortho intramolecular Hbond substituents is 1. The third kappa shape index (κ3) is 27.0. The van der Waals surface area contributed by atoms with E-state index in [4.69, 9.17) is 52.5 Å². The molecule has 26 nitrogen and oxygen atoms in total. The fourth-order valence-electron chi connectivity index (χ4n) is 17.4. The zero-order valence-corrected chi connectivity index (χ0v) is 82.2. The van der Waals surface area contributed by atoms with E-state index in [1.54, 1.807) is 97.7 Å². The quantitative estimate of drug-likeness (QED) is 0.0129. The van der Waals surface area contributed by atoms with Crippen molar-refractivity contribution in [3.63, 3.8) is 0 Å². The van der Waals surface area contributed by atoms with Gasteiger partial charge >= 0.3 is 24.1 Å². The fraction of sp³-hybridized carbons (Fsp3) is 0.220. The lowest BCUT2D eigenvalue weighted by molar-refractivity contribution is -0.290. The number of aliphatic hydroxyl groups excluding tert-OH is 1. The summed E-state index contributed by atoms with van der Waals surface area (Å²) < 4.78 is 124. The number of hydrogen-bond donors (Lipinski definition) is 3. The minimum absolute atomic E-state index is 0.0885. The number of nitrogens with zero attached hydrogens (tertiary/aromatic N) is 6. The summed E-state index contributed by atoms with van der Waals surface area (Å²) in [6, 6.07) is 103. The summed E-state index contributed by atoms with van der Waals surface area (Å²) >= 11 is 0. The summed E-state index contributed by atoms with van der Waals surface area (Å²) in [5, 5.41) is 28.9. The van der Waals surface area contributed by atoms with Crippen LogP contribution < -0.4 is 28.9 Å². The number of esters is 1. The van der Waals surface area contributed by atoms with Crippen LogP contribution in [0.15, 0.2) is 375 Å². The average Bonchev–Trinajstić information content (AvgIpc) is 1.48. The number of cyclic esters (lactones) is 2. The number of benzene rings is 14. The Labute approximate surface area is 858 Å². The van der Waals surface area contributed by atoms with E-state index in [2.05, 4.69) is 4.99 Å². The van der Waals surface area contributed by atoms with E-state index in [0.29, 0.717) is 65.9 Å². The molecule has 3 N–H and O–H groups in total. The molecule has 5 aliphatic rings. The lowest BCUT2D eigenvalue weighted by Gasteiger charge is -2.52. The number of carboxylic acids is 1. The lowest BCUT2D eigenvalue weighted by atomic mass is 9.89. The van der Waals surface area contributed by atoms with Crippen LogP contribution >= 0.6 is 0 Å². The molecule has 5 fully saturated rings. The van der Waals surface area contributed by atoms with Gasteiger partial charge in [-0.2, -0.15) is 0 Å². The average molecular weight is 2030 g/mol. The topological polar surface area (TPSA) is 301 Å². The molecule has 13 atom stereocenters. The van der Waals surface area contributed by atoms with E-state index in [0.717, 1.165) is 55.9 Å². The highest BCUT2D eigenvalue weighted by Crippen LogP contribution is 2.48. The van der Waals surface area contributed by atoms with Gasteiger partial charge in [0.1, 0.15) is 109 Å². The Morgan fingerprint density at radius 3 is 1.22 bits per heavy atom. The Hall–Kier alpha value is -16.7. The molecule has 0 bridgehead atoms. The first-order valence-electron chi connectivity index (χ1n) is 47.9. The van der Waals surface area contributed by atoms with Gasteiger partial charge in [-0.25, -0.2) is 41.1 Å². The molecule has 14 aromatic rings. The van der Waals surface area contributed by atoms with Crippen LogP contribution in [0.1, 0.15) is 133 Å². The molecule has 149 heavy (non-hydrogen) atoms. The number of hydrogen-bond acceptors (Lipinski definition) is 20. The molecule has 0 aromatic heterocycles. The van der Waals surface area contributed by atoms with Gasteiger partial charge in [0.15, 0.2) is 6.10 Å². The van der Waals surface area contributed by atoms with Crippen molar-refractivity contribution < 1.29 is 118 Å². The number of anilines is 3. The van der Waals surface area contributed by atoms with Crippen LogP contribution in [-0.4, -0.2) is 143 Å². The SMILES string of the molecule is COC(=O)[C@H]1OC(=O)N(c2ccc(F)cc2)[C@@H]1c1ccc(OCc2ccccc2)cc1.C[C@@H]1[C@H](c2ccccc2)O[C@@](C)(OCC(=O)O)C(=O)N1C.C[C@@H]1[C@H](c2ccccc2)O[C@@](C)(O[C@@H]2C(=O)N(c3ccc(F)cc3)[C@@H]2c2ccc(OCc3ccccc3)cc2)C(=O)N1C.Fc1ccc(N=Cc2ccc(OCc3ccccc3)cc2)cc1.O=C1O[C@H](CC[C@H](O)c2ccc(F)cc2)[C@@H](c2ccc(O)cc2)N1c1ccc(F)cc1. The normalized spacial score (nSPS) is 20.9. The van der Waals surface area contributed by atoms with E-state index in [9.17, 15) is 65.7 Å². The van der Waals surface area contributed by atoms with Crippen LogP contribution in [0, 0.1) is 29.1 Å². The predicted molar refractivity (Wildman–Crippen MR) is 547 cm³/mol. The van der Waals surface area contributed by atoms with Crippen molar-refractivity contribution in [2.75, 3.05) is 42.5 Å². The Kier molecular flexibility index (Phi) is 35.4. The van der Waals surface area contributed by atoms with Gasteiger partial charge in [0, 0.05) is 37.4 Å². The first kappa shape index (κ1) is 107. The maximum atomic E-state index is 13.8. The monoisotopic (exact) mass is 2020 g/mol. The van der Waals surface area contributed by atoms with Crippen molar-refractivity contribution in [3.05, 3.63) is 455 Å². The molecular weight excluding hydrogens is 1920 g/mol. The van der Waals surface area contributed by atoms with Crippen LogP contribution in [0.25, 0.3) is 0 Å². The fourth-order valence-corrected chi connectivity index (χ4v) is 17.4. The molecule has 5 heterocycles. The van der Waals surface area contributed by atoms with Crippen LogP contribution in [0.2, 0.25) is 0 Å². The van der Waals surface area contributed by atoms with Gasteiger partial charge < -0.3 is 72.5 Å². The maximum absolute atomic E-state index is 13.8. The van der Waals surface area contributed by atoms with Crippen LogP contribution in [0.4, 0.5) is 54.3 Å². The molecule has 5 saturated heterocycles. The zero-order valence-electron chi connectivity index (χ0n) is 82.2. The number of likely N-dealkylation sites (N-methyl/N-ethyl adjacent to an activating group) is 2. The highest BCUT2D eigenvalue weighted by atomic mass is 19.1. The summed E-state index contributed by atoms with van der Waals surface area (Å²) in [6.45, 7) is 7.61. The number of ether oxygens (including phenoxy) is 10. The molecule has 0 unspecified atom stereocenters. The van der Waals surface area contributed by atoms with Gasteiger partial charge in [-0.3, -0.25) is 34.1 Å². The summed E-state index contributed by atoms with van der Waals surface area (Å²) in [4.78, 5) is 99.6. The molecule has 0 radical (unpaired) electrons. The Morgan fingerprint density at radius 1 is 0.430 bits per heavy atom. The van der Waals surface area contributed by atoms with Crippen molar-refractivity contribution in [1.82, 2.24) is 9.80 Å². The number of β-lactam (4-membered cyclic amide) rings is 1. The number of aliphatic hydroxyl groups is 1. The second kappa shape index (κ2) is 49.5. The largest absolute Gasteiger partial charge is 0.508 e. The molecule has 5 amide bonds. The summed E-state index contributed by atoms with van der Waals surface area (Å²) in [6.07, 6.45) is -3.37. The van der Waals surface area contributed by atoms with E-state index in [1.165, 1.54) is 138 Å². The number of carbonyl (C=O) groups excluding carboxylic acids is 6. The van der Waals surface area contributed by atoms with E-state index < -0.39 is 108 Å². The van der Waals surface area contributed by atoms with Crippen LogP contribution in [0.3, 0.4) is 0 Å². The van der Waals surface area contributed by atoms with Crippen LogP contribution in [0.5, 0.6) is 23.0 Å². The molecular formula is C118H109F5N6O20. The number of carboxylic acid groups (broad SMARTS) is 1. The zero-order chi connectivity index (χ0) is 105. The molecule has 0 spiro atoms. The molecule has 0 saturated carbocycles. The standard InChI is InChI=1S/C35H33FN2O5.C24H21F2NO4.C24H20FNO5.C20H16FNO.C15H19NO5/c1-23-31(26-12-8-5-9-13-26)42-35(2,34(40)37(23)3)43-32-30(38(33(32)39)28-18-16-27(36)17-19-28)25-14-20-29(21-15-25)41-22-24-10-6-4-7-11-24;25-17-5-1-15(2-6-17)21(29)13-14-22-23(16-3-11-20(28)12-4-16)27(24(30)31-22)19-9-7-18(26)8-10-19;1-29-23(27)22-21(26(24(28)31-22)19-11-9-18(25)10-12-19)17-7-13-20(14-8-17)30-15-16-5-3-2-4-6-16;21-18-8-10-19(11-9-18)22-14-16-6-12-20(13-7-16)23-15-17-4-2-1-3-5-17;1-10-13(11-7-5-4-6-8-11)21-15(2,14(19)16(10)3)20-9-12(17)18/h4-21,23,30-32H,22H2,1-3H3;1-12,21-23,28-29H,13-14H2;2-14,21-22H,15H2,1H3;1-14H,15H2;4-8,10,13H,9H2,1-3H3,(H,17,18)/t23-,30-,31-,32+,35+;21-,22+,23+;21-,22+;;10-,13-,15-/m101.1/s1. The number of amides is 5. The second-order valence-corrected chi connectivity index (χ2v) is 35.8. The number of rotatable bonds is 29. The smallest absolute Gasteiger partial charge is 0.415 e. The Balaban J connectivity index is 0.000000143. The maximum Gasteiger partial charge on any atom is 0.415 e. The third-order valence-electron chi connectivity index (χ3n) is 25.6. The van der Waals surface area contributed by atoms with Crippen molar-refractivity contribution in [2.45, 2.75) is 139 Å². The van der Waals surface area contributed by atoms with Gasteiger partial charge in [0.25, 0.3) is 17.7 Å². The van der Waals surface area contributed by atoms with Gasteiger partial charge in [-0.05, 0) is 266 Å². The number of aromatic hydroxyl groups is 1. The number of aliphatic carboxylic acids is 1. The van der Waals surface area contributed by atoms with Gasteiger partial charge in [-0.15, -0.1) is 0 Å².